The molecule has 1 aliphatic carbocycles. The van der Waals surface area contributed by atoms with E-state index in [-0.39, 0.29) is 60.9 Å². The molecule has 2 bridgehead atoms. The summed E-state index contributed by atoms with van der Waals surface area (Å²) in [6.07, 6.45) is -0.155. The van der Waals surface area contributed by atoms with E-state index in [1.54, 1.807) is 19.9 Å². The van der Waals surface area contributed by atoms with E-state index in [4.69, 9.17) is 4.42 Å². The van der Waals surface area contributed by atoms with E-state index in [0.717, 1.165) is 30.9 Å². The lowest BCUT2D eigenvalue weighted by Gasteiger charge is -2.27. The molecule has 51 heavy (non-hydrogen) atoms. The van der Waals surface area contributed by atoms with Crippen molar-refractivity contribution in [2.24, 2.45) is 5.41 Å². The van der Waals surface area contributed by atoms with Crippen molar-refractivity contribution in [2.45, 2.75) is 103 Å². The third-order valence-corrected chi connectivity index (χ3v) is 10.5. The Morgan fingerprint density at radius 2 is 1.80 bits per heavy atom. The number of carbonyl (C=O) groups excluding carboxylic acids is 4. The van der Waals surface area contributed by atoms with Gasteiger partial charge in [0.2, 0.25) is 23.6 Å². The van der Waals surface area contributed by atoms with Gasteiger partial charge in [-0.1, -0.05) is 18.9 Å². The van der Waals surface area contributed by atoms with Crippen molar-refractivity contribution in [1.29, 1.82) is 0 Å². The standard InChI is InChI=1S/C36H38F3N7O5/c1-19-10-11-28(36(37,38)39)41-25(19)14-27(48)26-15-35-16-29(35)46(26)31(50)17-45-33-22(8-6-4-5-7-9-30(49)40-18-35)12-23(34-43-42-21(3)51-34)13-24(33)32(44-45)20(2)47/h10-13,26,29H,4-9,14-18H2,1-3H3,(H,40,49)/t26-,29+,35-/m0/s1. The van der Waals surface area contributed by atoms with Crippen LogP contribution in [0.4, 0.5) is 13.2 Å². The topological polar surface area (TPSA) is 153 Å². The molecular weight excluding hydrogens is 667 g/mol. The van der Waals surface area contributed by atoms with E-state index in [9.17, 15) is 32.3 Å². The van der Waals surface area contributed by atoms with Crippen molar-refractivity contribution in [1.82, 2.24) is 35.2 Å². The first-order valence-corrected chi connectivity index (χ1v) is 17.2. The van der Waals surface area contributed by atoms with Gasteiger partial charge in [-0.25, -0.2) is 4.98 Å². The lowest BCUT2D eigenvalue weighted by Crippen LogP contribution is -2.45. The highest BCUT2D eigenvalue weighted by atomic mass is 19.4. The first kappa shape index (κ1) is 34.5. The van der Waals surface area contributed by atoms with Gasteiger partial charge in [-0.05, 0) is 68.4 Å². The highest BCUT2D eigenvalue weighted by Gasteiger charge is 2.66. The van der Waals surface area contributed by atoms with Gasteiger partial charge in [0.1, 0.15) is 17.9 Å². The Labute approximate surface area is 291 Å². The maximum Gasteiger partial charge on any atom is 0.433 e. The number of aromatic nitrogens is 5. The molecule has 1 N–H and O–H groups in total. The van der Waals surface area contributed by atoms with Crippen LogP contribution < -0.4 is 5.32 Å². The Morgan fingerprint density at radius 3 is 2.51 bits per heavy atom. The van der Waals surface area contributed by atoms with Gasteiger partial charge in [0.05, 0.1) is 23.7 Å². The summed E-state index contributed by atoms with van der Waals surface area (Å²) in [5, 5.41) is 16.3. The number of amides is 2. The number of Topliss-reactive ketones (excluding diaryl/α,β-unsaturated/α-hetero) is 2. The number of rotatable bonds is 5. The second-order valence-corrected chi connectivity index (χ2v) is 14.1. The average molecular weight is 706 g/mol. The fraction of sp³-hybridized carbons (Fsp3) is 0.500. The summed E-state index contributed by atoms with van der Waals surface area (Å²) >= 11 is 0. The summed E-state index contributed by atoms with van der Waals surface area (Å²) in [6.45, 7) is 4.68. The number of benzene rings is 1. The minimum Gasteiger partial charge on any atom is -0.421 e. The molecule has 268 valence electrons. The highest BCUT2D eigenvalue weighted by Crippen LogP contribution is 2.59. The van der Waals surface area contributed by atoms with Crippen LogP contribution in [0.15, 0.2) is 28.7 Å². The Bertz CT molecular complexity index is 2070. The van der Waals surface area contributed by atoms with Gasteiger partial charge in [-0.2, -0.15) is 18.3 Å². The van der Waals surface area contributed by atoms with Crippen LogP contribution in [0.5, 0.6) is 0 Å². The normalized spacial score (nSPS) is 22.8. The van der Waals surface area contributed by atoms with Crippen LogP contribution in [0.25, 0.3) is 22.4 Å². The summed E-state index contributed by atoms with van der Waals surface area (Å²) in [5.74, 6) is -0.576. The van der Waals surface area contributed by atoms with Crippen LogP contribution in [0.2, 0.25) is 0 Å². The molecule has 4 aromatic rings. The van der Waals surface area contributed by atoms with Gasteiger partial charge in [0.15, 0.2) is 11.6 Å². The molecule has 0 unspecified atom stereocenters. The quantitative estimate of drug-likeness (QED) is 0.279. The van der Waals surface area contributed by atoms with Crippen molar-refractivity contribution in [2.75, 3.05) is 6.54 Å². The fourth-order valence-corrected chi connectivity index (χ4v) is 7.74. The summed E-state index contributed by atoms with van der Waals surface area (Å²) in [6, 6.07) is 4.54. The molecule has 3 aliphatic rings. The molecule has 2 amide bonds. The number of nitrogens with zero attached hydrogens (tertiary/aromatic N) is 6. The number of pyridine rings is 1. The maximum absolute atomic E-state index is 14.4. The van der Waals surface area contributed by atoms with Gasteiger partial charge >= 0.3 is 6.18 Å². The summed E-state index contributed by atoms with van der Waals surface area (Å²) in [5.41, 5.74) is 1.04. The van der Waals surface area contributed by atoms with E-state index in [0.29, 0.717) is 53.6 Å². The van der Waals surface area contributed by atoms with E-state index < -0.39 is 35.0 Å². The summed E-state index contributed by atoms with van der Waals surface area (Å²) in [7, 11) is 0. The molecule has 1 aromatic carbocycles. The SMILES string of the molecule is CC(=O)c1nn2c3c(cc(-c4nnc(C)o4)cc13)CCCCCCC(=O)NC[C@@]13C[C@@H](C(=O)Cc4nc(C(F)(F)F)ccc4C)N(C(=O)C2)[C@@H]1C3. The molecule has 3 atom stereocenters. The number of hydrogen-bond donors (Lipinski definition) is 1. The first-order valence-electron chi connectivity index (χ1n) is 17.2. The highest BCUT2D eigenvalue weighted by molar-refractivity contribution is 6.07. The maximum atomic E-state index is 14.4. The minimum atomic E-state index is -4.68. The molecule has 7 rings (SSSR count). The Balaban J connectivity index is 1.27. The summed E-state index contributed by atoms with van der Waals surface area (Å²) < 4.78 is 47.7. The number of halogens is 3. The monoisotopic (exact) mass is 705 g/mol. The predicted octanol–water partition coefficient (Wildman–Crippen LogP) is 5.11. The largest absolute Gasteiger partial charge is 0.433 e. The molecular formula is C36H38F3N7O5. The molecule has 2 fully saturated rings. The number of carbonyl (C=O) groups is 4. The molecule has 12 nitrogen and oxygen atoms in total. The molecule has 3 aromatic heterocycles. The second-order valence-electron chi connectivity index (χ2n) is 14.1. The van der Waals surface area contributed by atoms with Crippen LogP contribution in [-0.2, 0) is 39.9 Å². The molecule has 0 spiro atoms. The Kier molecular flexibility index (Phi) is 8.78. The lowest BCUT2D eigenvalue weighted by molar-refractivity contribution is -0.141. The van der Waals surface area contributed by atoms with Gasteiger partial charge in [0, 0.05) is 49.2 Å². The number of ketones is 2. The number of aryl methyl sites for hydroxylation is 3. The second kappa shape index (κ2) is 13.0. The zero-order valence-electron chi connectivity index (χ0n) is 28.6. The van der Waals surface area contributed by atoms with Crippen LogP contribution in [0.1, 0.15) is 90.8 Å². The molecule has 5 heterocycles. The van der Waals surface area contributed by atoms with Crippen LogP contribution in [0, 0.1) is 19.3 Å². The molecule has 1 saturated heterocycles. The third kappa shape index (κ3) is 6.65. The van der Waals surface area contributed by atoms with Crippen molar-refractivity contribution in [3.8, 4) is 11.5 Å². The van der Waals surface area contributed by atoms with Crippen LogP contribution in [0.3, 0.4) is 0 Å². The average Bonchev–Trinajstić information content (AvgIpc) is 3.33. The van der Waals surface area contributed by atoms with Crippen LogP contribution in [-0.4, -0.2) is 71.9 Å². The number of alkyl halides is 3. The first-order chi connectivity index (χ1) is 24.2. The van der Waals surface area contributed by atoms with Crippen molar-refractivity contribution in [3.63, 3.8) is 0 Å². The van der Waals surface area contributed by atoms with E-state index >= 15 is 0 Å². The third-order valence-electron chi connectivity index (χ3n) is 10.5. The number of hydrogen-bond acceptors (Lipinski definition) is 9. The molecule has 15 heteroatoms. The number of nitrogens with one attached hydrogen (secondary N) is 1. The fourth-order valence-electron chi connectivity index (χ4n) is 7.74. The Morgan fingerprint density at radius 1 is 1.04 bits per heavy atom. The van der Waals surface area contributed by atoms with Crippen LogP contribution >= 0.6 is 0 Å². The van der Waals surface area contributed by atoms with E-state index in [1.165, 1.54) is 22.6 Å². The summed E-state index contributed by atoms with van der Waals surface area (Å²) in [4.78, 5) is 59.4. The van der Waals surface area contributed by atoms with Gasteiger partial charge in [0.25, 0.3) is 0 Å². The molecule has 0 radical (unpaired) electrons. The van der Waals surface area contributed by atoms with Crippen molar-refractivity contribution in [3.05, 3.63) is 58.4 Å². The van der Waals surface area contributed by atoms with E-state index in [1.807, 2.05) is 6.07 Å². The smallest absolute Gasteiger partial charge is 0.421 e. The predicted molar refractivity (Wildman–Crippen MR) is 176 cm³/mol. The van der Waals surface area contributed by atoms with Crippen molar-refractivity contribution >= 4 is 34.3 Å². The lowest BCUT2D eigenvalue weighted by atomic mass is 9.94. The van der Waals surface area contributed by atoms with Gasteiger partial charge < -0.3 is 14.6 Å². The zero-order valence-corrected chi connectivity index (χ0v) is 28.6. The van der Waals surface area contributed by atoms with Gasteiger partial charge in [-0.3, -0.25) is 23.9 Å². The van der Waals surface area contributed by atoms with E-state index in [2.05, 4.69) is 25.6 Å². The zero-order chi connectivity index (χ0) is 36.2. The molecule has 2 aliphatic heterocycles. The van der Waals surface area contributed by atoms with Crippen molar-refractivity contribution < 1.29 is 36.8 Å². The van der Waals surface area contributed by atoms with Gasteiger partial charge in [-0.15, -0.1) is 10.2 Å². The Hall–Kier alpha value is -4.95. The minimum absolute atomic E-state index is 0.000615. The molecule has 1 saturated carbocycles. The number of piperidine rings is 1.